The van der Waals surface area contributed by atoms with Gasteiger partial charge in [0.1, 0.15) is 0 Å². The van der Waals surface area contributed by atoms with E-state index in [1.807, 2.05) is 39.8 Å². The van der Waals surface area contributed by atoms with E-state index in [9.17, 15) is 4.79 Å². The lowest BCUT2D eigenvalue weighted by molar-refractivity contribution is 0.102. The Morgan fingerprint density at radius 2 is 2.05 bits per heavy atom. The number of benzene rings is 1. The van der Waals surface area contributed by atoms with Crippen LogP contribution >= 0.6 is 15.9 Å². The Labute approximate surface area is 132 Å². The molecule has 6 heteroatoms. The van der Waals surface area contributed by atoms with Gasteiger partial charge in [-0.1, -0.05) is 19.9 Å². The maximum absolute atomic E-state index is 12.4. The number of rotatable bonds is 3. The van der Waals surface area contributed by atoms with Crippen LogP contribution in [0.2, 0.25) is 0 Å². The third-order valence-electron chi connectivity index (χ3n) is 3.30. The van der Waals surface area contributed by atoms with Gasteiger partial charge in [-0.15, -0.1) is 0 Å². The van der Waals surface area contributed by atoms with Crippen molar-refractivity contribution in [3.63, 3.8) is 0 Å². The van der Waals surface area contributed by atoms with E-state index in [1.165, 1.54) is 0 Å². The molecule has 0 unspecified atom stereocenters. The predicted molar refractivity (Wildman–Crippen MR) is 88.7 cm³/mol. The lowest BCUT2D eigenvalue weighted by Crippen LogP contribution is -2.15. The van der Waals surface area contributed by atoms with Crippen molar-refractivity contribution in [3.8, 4) is 0 Å². The number of hydrogen-bond acceptors (Lipinski definition) is 3. The molecule has 0 spiro atoms. The smallest absolute Gasteiger partial charge is 0.278 e. The molecule has 0 aliphatic carbocycles. The summed E-state index contributed by atoms with van der Waals surface area (Å²) in [5.74, 6) is -0.129. The minimum Gasteiger partial charge on any atom is -0.395 e. The summed E-state index contributed by atoms with van der Waals surface area (Å²) in [7, 11) is 0. The number of carbonyl (C=O) groups excluding carboxylic acids is 1. The van der Waals surface area contributed by atoms with Crippen LogP contribution in [0.5, 0.6) is 0 Å². The molecular formula is C15H19BrN4O. The van der Waals surface area contributed by atoms with Crippen molar-refractivity contribution in [1.82, 2.24) is 10.2 Å². The summed E-state index contributed by atoms with van der Waals surface area (Å²) < 4.78 is 0.839. The largest absolute Gasteiger partial charge is 0.395 e. The fourth-order valence-electron chi connectivity index (χ4n) is 2.22. The van der Waals surface area contributed by atoms with E-state index in [1.54, 1.807) is 0 Å². The molecule has 5 nitrogen and oxygen atoms in total. The van der Waals surface area contributed by atoms with Gasteiger partial charge in [0.15, 0.2) is 5.69 Å². The molecule has 2 rings (SSSR count). The van der Waals surface area contributed by atoms with E-state index in [4.69, 9.17) is 5.73 Å². The summed E-state index contributed by atoms with van der Waals surface area (Å²) in [6.07, 6.45) is 0. The van der Waals surface area contributed by atoms with E-state index in [2.05, 4.69) is 31.4 Å². The molecule has 1 heterocycles. The molecule has 1 amide bonds. The zero-order valence-corrected chi connectivity index (χ0v) is 14.1. The number of H-pyrrole nitrogens is 1. The van der Waals surface area contributed by atoms with Crippen molar-refractivity contribution in [3.05, 3.63) is 39.1 Å². The van der Waals surface area contributed by atoms with Crippen LogP contribution in [0.15, 0.2) is 16.6 Å². The van der Waals surface area contributed by atoms with Gasteiger partial charge in [0.2, 0.25) is 0 Å². The summed E-state index contributed by atoms with van der Waals surface area (Å²) in [6, 6.07) is 3.96. The molecule has 112 valence electrons. The Hall–Kier alpha value is -1.82. The number of carbonyl (C=O) groups is 1. The number of nitrogen functional groups attached to an aromatic ring is 1. The molecular weight excluding hydrogens is 332 g/mol. The molecule has 0 aliphatic heterocycles. The van der Waals surface area contributed by atoms with Crippen LogP contribution in [0.25, 0.3) is 0 Å². The van der Waals surface area contributed by atoms with Gasteiger partial charge in [-0.25, -0.2) is 0 Å². The quantitative estimate of drug-likeness (QED) is 0.788. The molecule has 0 saturated carbocycles. The van der Waals surface area contributed by atoms with Crippen LogP contribution in [0.3, 0.4) is 0 Å². The van der Waals surface area contributed by atoms with Crippen molar-refractivity contribution in [2.75, 3.05) is 11.1 Å². The zero-order valence-electron chi connectivity index (χ0n) is 12.5. The highest BCUT2D eigenvalue weighted by Gasteiger charge is 2.20. The predicted octanol–water partition coefficient (Wildman–Crippen LogP) is 3.75. The minimum absolute atomic E-state index is 0.187. The van der Waals surface area contributed by atoms with Crippen LogP contribution in [0, 0.1) is 13.8 Å². The molecule has 0 radical (unpaired) electrons. The van der Waals surface area contributed by atoms with Crippen LogP contribution in [0.1, 0.15) is 47.1 Å². The van der Waals surface area contributed by atoms with Crippen molar-refractivity contribution >= 4 is 33.2 Å². The fourth-order valence-corrected chi connectivity index (χ4v) is 3.00. The molecule has 2 aromatic rings. The molecule has 0 fully saturated rings. The molecule has 0 saturated heterocycles. The van der Waals surface area contributed by atoms with Gasteiger partial charge in [-0.05, 0) is 52.9 Å². The SMILES string of the molecule is Cc1cc(C)c(NC(=O)c2n[nH]c(C(C)C)c2N)c(Br)c1. The number of nitrogens with one attached hydrogen (secondary N) is 2. The lowest BCUT2D eigenvalue weighted by atomic mass is 10.1. The summed E-state index contributed by atoms with van der Waals surface area (Å²) in [5, 5.41) is 9.73. The second kappa shape index (κ2) is 5.89. The second-order valence-corrected chi connectivity index (χ2v) is 6.30. The molecule has 4 N–H and O–H groups in total. The Balaban J connectivity index is 2.31. The van der Waals surface area contributed by atoms with Gasteiger partial charge in [0.25, 0.3) is 5.91 Å². The highest BCUT2D eigenvalue weighted by atomic mass is 79.9. The number of aromatic nitrogens is 2. The third-order valence-corrected chi connectivity index (χ3v) is 3.92. The maximum Gasteiger partial charge on any atom is 0.278 e. The first kappa shape index (κ1) is 15.6. The number of nitrogens with two attached hydrogens (primary N) is 1. The number of nitrogens with zero attached hydrogens (tertiary/aromatic N) is 1. The molecule has 0 atom stereocenters. The molecule has 0 aliphatic rings. The number of amides is 1. The van der Waals surface area contributed by atoms with Gasteiger partial charge in [0.05, 0.1) is 17.1 Å². The topological polar surface area (TPSA) is 83.8 Å². The highest BCUT2D eigenvalue weighted by Crippen LogP contribution is 2.29. The first-order chi connectivity index (χ1) is 9.81. The monoisotopic (exact) mass is 350 g/mol. The molecule has 1 aromatic carbocycles. The van der Waals surface area contributed by atoms with Gasteiger partial charge in [-0.2, -0.15) is 5.10 Å². The van der Waals surface area contributed by atoms with E-state index in [0.29, 0.717) is 5.69 Å². The number of hydrogen-bond donors (Lipinski definition) is 3. The average Bonchev–Trinajstić information content (AvgIpc) is 2.75. The zero-order chi connectivity index (χ0) is 15.7. The summed E-state index contributed by atoms with van der Waals surface area (Å²) in [5.41, 5.74) is 10.2. The van der Waals surface area contributed by atoms with Crippen LogP contribution < -0.4 is 11.1 Å². The first-order valence-corrected chi connectivity index (χ1v) is 7.52. The first-order valence-electron chi connectivity index (χ1n) is 6.73. The van der Waals surface area contributed by atoms with Crippen molar-refractivity contribution in [1.29, 1.82) is 0 Å². The van der Waals surface area contributed by atoms with E-state index >= 15 is 0 Å². The summed E-state index contributed by atoms with van der Waals surface area (Å²) in [4.78, 5) is 12.4. The van der Waals surface area contributed by atoms with Gasteiger partial charge >= 0.3 is 0 Å². The maximum atomic E-state index is 12.4. The molecule has 0 bridgehead atoms. The van der Waals surface area contributed by atoms with Crippen molar-refractivity contribution in [2.45, 2.75) is 33.6 Å². The van der Waals surface area contributed by atoms with E-state index in [-0.39, 0.29) is 17.5 Å². The Kier molecular flexibility index (Phi) is 4.37. The van der Waals surface area contributed by atoms with E-state index in [0.717, 1.165) is 27.0 Å². The molecule has 1 aromatic heterocycles. The van der Waals surface area contributed by atoms with Crippen LogP contribution in [-0.4, -0.2) is 16.1 Å². The van der Waals surface area contributed by atoms with Crippen molar-refractivity contribution < 1.29 is 4.79 Å². The number of aryl methyl sites for hydroxylation is 2. The van der Waals surface area contributed by atoms with Gasteiger partial charge in [0, 0.05) is 4.47 Å². The fraction of sp³-hybridized carbons (Fsp3) is 0.333. The lowest BCUT2D eigenvalue weighted by Gasteiger charge is -2.11. The van der Waals surface area contributed by atoms with Crippen molar-refractivity contribution in [2.24, 2.45) is 0 Å². The summed E-state index contributed by atoms with van der Waals surface area (Å²) in [6.45, 7) is 7.93. The second-order valence-electron chi connectivity index (χ2n) is 5.45. The Bertz CT molecular complexity index is 668. The van der Waals surface area contributed by atoms with Gasteiger partial charge in [-0.3, -0.25) is 9.89 Å². The Morgan fingerprint density at radius 3 is 2.57 bits per heavy atom. The minimum atomic E-state index is -0.316. The number of aromatic amines is 1. The number of anilines is 2. The number of halogens is 1. The standard InChI is InChI=1S/C15H19BrN4O/c1-7(2)12-11(17)14(20-19-12)15(21)18-13-9(4)5-8(3)6-10(13)16/h5-7H,17H2,1-4H3,(H,18,21)(H,19,20). The normalized spacial score (nSPS) is 11.0. The Morgan fingerprint density at radius 1 is 1.38 bits per heavy atom. The molecule has 21 heavy (non-hydrogen) atoms. The van der Waals surface area contributed by atoms with Crippen LogP contribution in [0.4, 0.5) is 11.4 Å². The van der Waals surface area contributed by atoms with Gasteiger partial charge < -0.3 is 11.1 Å². The van der Waals surface area contributed by atoms with E-state index < -0.39 is 0 Å². The third kappa shape index (κ3) is 3.10. The average molecular weight is 351 g/mol. The highest BCUT2D eigenvalue weighted by molar-refractivity contribution is 9.10. The summed E-state index contributed by atoms with van der Waals surface area (Å²) >= 11 is 3.47. The van der Waals surface area contributed by atoms with Crippen LogP contribution in [-0.2, 0) is 0 Å².